The van der Waals surface area contributed by atoms with E-state index in [4.69, 9.17) is 4.74 Å². The molecule has 0 aliphatic carbocycles. The second-order valence-corrected chi connectivity index (χ2v) is 5.46. The van der Waals surface area contributed by atoms with E-state index in [1.165, 1.54) is 4.90 Å². The van der Waals surface area contributed by atoms with Gasteiger partial charge in [0.05, 0.1) is 18.8 Å². The van der Waals surface area contributed by atoms with Crippen molar-refractivity contribution in [3.8, 4) is 0 Å². The maximum atomic E-state index is 13.3. The Morgan fingerprint density at radius 2 is 2.11 bits per heavy atom. The van der Waals surface area contributed by atoms with Crippen molar-refractivity contribution in [3.63, 3.8) is 0 Å². The Morgan fingerprint density at radius 3 is 2.63 bits per heavy atom. The molecule has 19 heavy (non-hydrogen) atoms. The van der Waals surface area contributed by atoms with Crippen molar-refractivity contribution in [2.45, 2.75) is 38.6 Å². The minimum absolute atomic E-state index is 0.187. The van der Waals surface area contributed by atoms with Crippen molar-refractivity contribution >= 4 is 5.91 Å². The molecule has 2 aliphatic heterocycles. The summed E-state index contributed by atoms with van der Waals surface area (Å²) >= 11 is 0. The molecule has 2 rings (SSSR count). The molecule has 3 atom stereocenters. The Kier molecular flexibility index (Phi) is 3.79. The van der Waals surface area contributed by atoms with Crippen molar-refractivity contribution in [1.82, 2.24) is 10.2 Å². The van der Waals surface area contributed by atoms with Crippen LogP contribution in [0.4, 0.5) is 13.2 Å². The van der Waals surface area contributed by atoms with Crippen LogP contribution in [0, 0.1) is 5.41 Å². The molecule has 1 amide bonds. The average molecular weight is 280 g/mol. The van der Waals surface area contributed by atoms with E-state index < -0.39 is 17.5 Å². The van der Waals surface area contributed by atoms with Gasteiger partial charge in [-0.3, -0.25) is 4.79 Å². The largest absolute Gasteiger partial charge is 0.404 e. The third-order valence-electron chi connectivity index (χ3n) is 3.98. The fourth-order valence-electron chi connectivity index (χ4n) is 2.70. The Balaban J connectivity index is 2.25. The Labute approximate surface area is 110 Å². The smallest absolute Gasteiger partial charge is 0.375 e. The maximum Gasteiger partial charge on any atom is 0.404 e. The summed E-state index contributed by atoms with van der Waals surface area (Å²) < 4.78 is 45.3. The molecule has 110 valence electrons. The molecule has 2 saturated heterocycles. The zero-order valence-electron chi connectivity index (χ0n) is 11.1. The van der Waals surface area contributed by atoms with Crippen molar-refractivity contribution < 1.29 is 22.7 Å². The molecular weight excluding hydrogens is 261 g/mol. The number of alkyl halides is 3. The summed E-state index contributed by atoms with van der Waals surface area (Å²) in [5, 5.41) is 2.67. The van der Waals surface area contributed by atoms with Crippen LogP contribution in [0.2, 0.25) is 0 Å². The number of carbonyl (C=O) groups excluding carboxylic acids is 1. The van der Waals surface area contributed by atoms with E-state index in [1.807, 2.05) is 0 Å². The van der Waals surface area contributed by atoms with E-state index in [9.17, 15) is 18.0 Å². The monoisotopic (exact) mass is 280 g/mol. The standard InChI is InChI=1S/C12H19F3N2O2/c1-8-6-19-9(2)5-17(8)10(18)11(12(13,14)15)3-4-16-7-11/h8-9,16H,3-7H2,1-2H3. The molecule has 4 nitrogen and oxygen atoms in total. The highest BCUT2D eigenvalue weighted by atomic mass is 19.4. The van der Waals surface area contributed by atoms with Gasteiger partial charge in [-0.1, -0.05) is 0 Å². The summed E-state index contributed by atoms with van der Waals surface area (Å²) in [7, 11) is 0. The van der Waals surface area contributed by atoms with Gasteiger partial charge in [-0.05, 0) is 26.8 Å². The molecule has 0 bridgehead atoms. The quantitative estimate of drug-likeness (QED) is 0.784. The summed E-state index contributed by atoms with van der Waals surface area (Å²) in [5.41, 5.74) is -2.27. The molecule has 0 radical (unpaired) electrons. The highest BCUT2D eigenvalue weighted by Gasteiger charge is 2.63. The molecule has 7 heteroatoms. The molecule has 3 unspecified atom stereocenters. The molecule has 2 heterocycles. The van der Waals surface area contributed by atoms with Crippen LogP contribution in [-0.2, 0) is 9.53 Å². The van der Waals surface area contributed by atoms with Crippen LogP contribution in [-0.4, -0.2) is 55.4 Å². The van der Waals surface area contributed by atoms with Gasteiger partial charge in [-0.15, -0.1) is 0 Å². The summed E-state index contributed by atoms with van der Waals surface area (Å²) in [6, 6.07) is -0.316. The van der Waals surface area contributed by atoms with Crippen LogP contribution in [0.25, 0.3) is 0 Å². The minimum Gasteiger partial charge on any atom is -0.375 e. The van der Waals surface area contributed by atoms with Crippen LogP contribution in [0.3, 0.4) is 0 Å². The molecule has 1 N–H and O–H groups in total. The summed E-state index contributed by atoms with van der Waals surface area (Å²) in [5.74, 6) is -0.812. The van der Waals surface area contributed by atoms with Gasteiger partial charge in [0, 0.05) is 13.1 Å². The molecule has 0 aromatic rings. The van der Waals surface area contributed by atoms with E-state index >= 15 is 0 Å². The second-order valence-electron chi connectivity index (χ2n) is 5.46. The lowest BCUT2D eigenvalue weighted by atomic mass is 9.84. The third kappa shape index (κ3) is 2.45. The summed E-state index contributed by atoms with van der Waals surface area (Å²) in [6.45, 7) is 3.88. The van der Waals surface area contributed by atoms with Crippen molar-refractivity contribution in [1.29, 1.82) is 0 Å². The highest BCUT2D eigenvalue weighted by molar-refractivity contribution is 5.84. The number of amides is 1. The predicted molar refractivity (Wildman–Crippen MR) is 62.6 cm³/mol. The Hall–Kier alpha value is -0.820. The highest BCUT2D eigenvalue weighted by Crippen LogP contribution is 2.45. The number of ether oxygens (including phenoxy) is 1. The number of halogens is 3. The van der Waals surface area contributed by atoms with Crippen molar-refractivity contribution in [2.75, 3.05) is 26.2 Å². The van der Waals surface area contributed by atoms with Crippen LogP contribution in [0.15, 0.2) is 0 Å². The second kappa shape index (κ2) is 4.94. The first-order chi connectivity index (χ1) is 8.78. The van der Waals surface area contributed by atoms with E-state index in [-0.39, 0.29) is 44.8 Å². The normalized spacial score (nSPS) is 36.6. The van der Waals surface area contributed by atoms with Crippen LogP contribution in [0.1, 0.15) is 20.3 Å². The maximum absolute atomic E-state index is 13.3. The van der Waals surface area contributed by atoms with E-state index in [0.29, 0.717) is 0 Å². The van der Waals surface area contributed by atoms with E-state index in [1.54, 1.807) is 13.8 Å². The predicted octanol–water partition coefficient (Wildman–Crippen LogP) is 1.16. The van der Waals surface area contributed by atoms with Gasteiger partial charge in [0.15, 0.2) is 5.41 Å². The van der Waals surface area contributed by atoms with Gasteiger partial charge in [0.25, 0.3) is 0 Å². The van der Waals surface area contributed by atoms with Gasteiger partial charge in [0.2, 0.25) is 5.91 Å². The zero-order chi connectivity index (χ0) is 14.3. The molecule has 0 aromatic carbocycles. The molecular formula is C12H19F3N2O2. The van der Waals surface area contributed by atoms with E-state index in [0.717, 1.165) is 0 Å². The molecule has 0 saturated carbocycles. The average Bonchev–Trinajstić information content (AvgIpc) is 2.81. The van der Waals surface area contributed by atoms with Crippen LogP contribution >= 0.6 is 0 Å². The van der Waals surface area contributed by atoms with Gasteiger partial charge in [0.1, 0.15) is 0 Å². The molecule has 0 spiro atoms. The van der Waals surface area contributed by atoms with E-state index in [2.05, 4.69) is 5.32 Å². The first kappa shape index (κ1) is 14.6. The summed E-state index contributed by atoms with van der Waals surface area (Å²) in [4.78, 5) is 13.8. The van der Waals surface area contributed by atoms with Gasteiger partial charge in [-0.2, -0.15) is 13.2 Å². The molecule has 0 aromatic heterocycles. The van der Waals surface area contributed by atoms with Crippen LogP contribution < -0.4 is 5.32 Å². The Bertz CT molecular complexity index is 353. The Morgan fingerprint density at radius 1 is 1.42 bits per heavy atom. The van der Waals surface area contributed by atoms with Crippen molar-refractivity contribution in [3.05, 3.63) is 0 Å². The first-order valence-electron chi connectivity index (χ1n) is 6.48. The molecule has 2 fully saturated rings. The van der Waals surface area contributed by atoms with Gasteiger partial charge >= 0.3 is 6.18 Å². The lowest BCUT2D eigenvalue weighted by molar-refractivity contribution is -0.225. The summed E-state index contributed by atoms with van der Waals surface area (Å²) in [6.07, 6.45) is -4.93. The number of carbonyl (C=O) groups is 1. The third-order valence-corrected chi connectivity index (χ3v) is 3.98. The minimum atomic E-state index is -4.52. The number of hydrogen-bond acceptors (Lipinski definition) is 3. The molecule has 2 aliphatic rings. The fraction of sp³-hybridized carbons (Fsp3) is 0.917. The topological polar surface area (TPSA) is 41.6 Å². The van der Waals surface area contributed by atoms with Gasteiger partial charge in [-0.25, -0.2) is 0 Å². The number of nitrogens with one attached hydrogen (secondary N) is 1. The van der Waals surface area contributed by atoms with Crippen LogP contribution in [0.5, 0.6) is 0 Å². The number of rotatable bonds is 1. The fourth-order valence-corrected chi connectivity index (χ4v) is 2.70. The number of morpholine rings is 1. The van der Waals surface area contributed by atoms with Crippen molar-refractivity contribution in [2.24, 2.45) is 5.41 Å². The SMILES string of the molecule is CC1CN(C(=O)C2(C(F)(F)F)CCNC2)C(C)CO1. The number of nitrogens with zero attached hydrogens (tertiary/aromatic N) is 1. The first-order valence-corrected chi connectivity index (χ1v) is 6.48. The number of hydrogen-bond donors (Lipinski definition) is 1. The van der Waals surface area contributed by atoms with Gasteiger partial charge < -0.3 is 15.0 Å². The zero-order valence-corrected chi connectivity index (χ0v) is 11.1. The lowest BCUT2D eigenvalue weighted by Gasteiger charge is -2.42. The lowest BCUT2D eigenvalue weighted by Crippen LogP contribution is -2.59.